The lowest BCUT2D eigenvalue weighted by Crippen LogP contribution is -1.97. The van der Waals surface area contributed by atoms with E-state index >= 15 is 0 Å². The summed E-state index contributed by atoms with van der Waals surface area (Å²) in [6.45, 7) is 2.66. The second-order valence-corrected chi connectivity index (χ2v) is 6.04. The first-order chi connectivity index (χ1) is 10.6. The minimum absolute atomic E-state index is 0.261. The Morgan fingerprint density at radius 3 is 2.55 bits per heavy atom. The topological polar surface area (TPSA) is 45.4 Å². The standard InChI is InChI=1S/C18H16BrNO2/c1-12-10-13(19)2-8-17(12)18-9-7-16(22-18)11-20-14-3-5-15(21)6-4-14/h2-10,20-21H,11H2,1H3. The SMILES string of the molecule is Cc1cc(Br)ccc1-c1ccc(CNc2ccc(O)cc2)o1. The van der Waals surface area contributed by atoms with E-state index < -0.39 is 0 Å². The van der Waals surface area contributed by atoms with Gasteiger partial charge < -0.3 is 14.8 Å². The minimum atomic E-state index is 0.261. The first-order valence-electron chi connectivity index (χ1n) is 7.00. The maximum absolute atomic E-state index is 9.27. The molecule has 3 nitrogen and oxygen atoms in total. The molecule has 3 rings (SSSR count). The Balaban J connectivity index is 1.72. The summed E-state index contributed by atoms with van der Waals surface area (Å²) in [6, 6.07) is 17.1. The summed E-state index contributed by atoms with van der Waals surface area (Å²) < 4.78 is 6.97. The zero-order chi connectivity index (χ0) is 15.5. The highest BCUT2D eigenvalue weighted by molar-refractivity contribution is 9.10. The lowest BCUT2D eigenvalue weighted by Gasteiger charge is -2.05. The molecule has 22 heavy (non-hydrogen) atoms. The fourth-order valence-electron chi connectivity index (χ4n) is 2.29. The summed E-state index contributed by atoms with van der Waals surface area (Å²) in [6.07, 6.45) is 0. The van der Waals surface area contributed by atoms with Gasteiger partial charge in [-0.2, -0.15) is 0 Å². The molecule has 0 saturated heterocycles. The molecule has 0 bridgehead atoms. The van der Waals surface area contributed by atoms with Crippen LogP contribution in [0.25, 0.3) is 11.3 Å². The first kappa shape index (κ1) is 14.7. The van der Waals surface area contributed by atoms with Crippen LogP contribution in [0.3, 0.4) is 0 Å². The molecule has 1 aromatic heterocycles. The van der Waals surface area contributed by atoms with Crippen LogP contribution in [0.2, 0.25) is 0 Å². The summed E-state index contributed by atoms with van der Waals surface area (Å²) >= 11 is 3.47. The molecule has 2 aromatic carbocycles. The molecule has 0 atom stereocenters. The highest BCUT2D eigenvalue weighted by atomic mass is 79.9. The molecule has 0 aliphatic heterocycles. The van der Waals surface area contributed by atoms with Gasteiger partial charge in [-0.15, -0.1) is 0 Å². The van der Waals surface area contributed by atoms with Gasteiger partial charge in [0.05, 0.1) is 6.54 Å². The van der Waals surface area contributed by atoms with Gasteiger partial charge in [0.15, 0.2) is 0 Å². The van der Waals surface area contributed by atoms with Crippen molar-refractivity contribution in [3.63, 3.8) is 0 Å². The van der Waals surface area contributed by atoms with Gasteiger partial charge in [0.25, 0.3) is 0 Å². The Morgan fingerprint density at radius 2 is 1.82 bits per heavy atom. The predicted molar refractivity (Wildman–Crippen MR) is 92.0 cm³/mol. The fraction of sp³-hybridized carbons (Fsp3) is 0.111. The third-order valence-corrected chi connectivity index (χ3v) is 3.94. The van der Waals surface area contributed by atoms with Crippen molar-refractivity contribution in [2.45, 2.75) is 13.5 Å². The average molecular weight is 358 g/mol. The first-order valence-corrected chi connectivity index (χ1v) is 7.79. The molecule has 4 heteroatoms. The third kappa shape index (κ3) is 3.34. The Labute approximate surface area is 137 Å². The van der Waals surface area contributed by atoms with Crippen molar-refractivity contribution in [2.75, 3.05) is 5.32 Å². The monoisotopic (exact) mass is 357 g/mol. The fourth-order valence-corrected chi connectivity index (χ4v) is 2.77. The molecular weight excluding hydrogens is 342 g/mol. The number of aryl methyl sites for hydroxylation is 1. The van der Waals surface area contributed by atoms with Crippen molar-refractivity contribution in [1.82, 2.24) is 0 Å². The molecule has 0 radical (unpaired) electrons. The molecule has 2 N–H and O–H groups in total. The van der Waals surface area contributed by atoms with Crippen molar-refractivity contribution in [3.8, 4) is 17.1 Å². The number of halogens is 1. The number of phenols is 1. The van der Waals surface area contributed by atoms with Crippen LogP contribution in [0.15, 0.2) is 63.5 Å². The number of hydrogen-bond acceptors (Lipinski definition) is 3. The van der Waals surface area contributed by atoms with E-state index in [0.717, 1.165) is 27.2 Å². The van der Waals surface area contributed by atoms with E-state index in [2.05, 4.69) is 40.3 Å². The van der Waals surface area contributed by atoms with Gasteiger partial charge in [0.1, 0.15) is 17.3 Å². The molecule has 0 aliphatic carbocycles. The van der Waals surface area contributed by atoms with Crippen molar-refractivity contribution < 1.29 is 9.52 Å². The molecular formula is C18H16BrNO2. The number of nitrogens with one attached hydrogen (secondary N) is 1. The summed E-state index contributed by atoms with van der Waals surface area (Å²) in [5, 5.41) is 12.5. The number of aromatic hydroxyl groups is 1. The number of hydrogen-bond donors (Lipinski definition) is 2. The number of anilines is 1. The summed E-state index contributed by atoms with van der Waals surface area (Å²) in [4.78, 5) is 0. The van der Waals surface area contributed by atoms with Gasteiger partial charge in [0.2, 0.25) is 0 Å². The number of benzene rings is 2. The molecule has 0 unspecified atom stereocenters. The van der Waals surface area contributed by atoms with E-state index in [4.69, 9.17) is 4.42 Å². The number of phenolic OH excluding ortho intramolecular Hbond substituents is 1. The zero-order valence-electron chi connectivity index (χ0n) is 12.1. The molecule has 0 saturated carbocycles. The predicted octanol–water partition coefficient (Wildman–Crippen LogP) is 5.34. The number of rotatable bonds is 4. The van der Waals surface area contributed by atoms with Crippen LogP contribution in [-0.4, -0.2) is 5.11 Å². The molecule has 3 aromatic rings. The normalized spacial score (nSPS) is 10.6. The van der Waals surface area contributed by atoms with E-state index in [0.29, 0.717) is 6.54 Å². The largest absolute Gasteiger partial charge is 0.508 e. The van der Waals surface area contributed by atoms with Gasteiger partial charge in [0, 0.05) is 15.7 Å². The van der Waals surface area contributed by atoms with E-state index in [1.165, 1.54) is 5.56 Å². The van der Waals surface area contributed by atoms with Gasteiger partial charge in [-0.25, -0.2) is 0 Å². The lowest BCUT2D eigenvalue weighted by molar-refractivity contribution is 0.475. The van der Waals surface area contributed by atoms with Crippen LogP contribution in [0.5, 0.6) is 5.75 Å². The zero-order valence-corrected chi connectivity index (χ0v) is 13.7. The second-order valence-electron chi connectivity index (χ2n) is 5.13. The molecule has 0 amide bonds. The highest BCUT2D eigenvalue weighted by Crippen LogP contribution is 2.28. The smallest absolute Gasteiger partial charge is 0.134 e. The molecule has 112 valence electrons. The van der Waals surface area contributed by atoms with Crippen LogP contribution >= 0.6 is 15.9 Å². The quantitative estimate of drug-likeness (QED) is 0.619. The Morgan fingerprint density at radius 1 is 1.05 bits per heavy atom. The van der Waals surface area contributed by atoms with Crippen molar-refractivity contribution in [3.05, 3.63) is 70.4 Å². The maximum Gasteiger partial charge on any atom is 0.134 e. The molecule has 0 spiro atoms. The van der Waals surface area contributed by atoms with Crippen molar-refractivity contribution in [2.24, 2.45) is 0 Å². The van der Waals surface area contributed by atoms with Gasteiger partial charge in [-0.05, 0) is 67.1 Å². The Kier molecular flexibility index (Phi) is 4.20. The van der Waals surface area contributed by atoms with Crippen molar-refractivity contribution in [1.29, 1.82) is 0 Å². The van der Waals surface area contributed by atoms with E-state index in [-0.39, 0.29) is 5.75 Å². The molecule has 0 fully saturated rings. The average Bonchev–Trinajstić information content (AvgIpc) is 2.95. The van der Waals surface area contributed by atoms with Crippen LogP contribution in [-0.2, 0) is 6.54 Å². The Hall–Kier alpha value is -2.20. The molecule has 0 aliphatic rings. The van der Waals surface area contributed by atoms with Crippen molar-refractivity contribution >= 4 is 21.6 Å². The Bertz CT molecular complexity index is 778. The maximum atomic E-state index is 9.27. The third-order valence-electron chi connectivity index (χ3n) is 3.45. The van der Waals surface area contributed by atoms with Gasteiger partial charge in [-0.3, -0.25) is 0 Å². The summed E-state index contributed by atoms with van der Waals surface area (Å²) in [5.41, 5.74) is 3.21. The second kappa shape index (κ2) is 6.28. The molecule has 1 heterocycles. The van der Waals surface area contributed by atoms with Crippen LogP contribution < -0.4 is 5.32 Å². The van der Waals surface area contributed by atoms with Gasteiger partial charge in [-0.1, -0.05) is 15.9 Å². The van der Waals surface area contributed by atoms with E-state index in [9.17, 15) is 5.11 Å². The summed E-state index contributed by atoms with van der Waals surface area (Å²) in [5.74, 6) is 1.99. The van der Waals surface area contributed by atoms with Crippen LogP contribution in [0.1, 0.15) is 11.3 Å². The minimum Gasteiger partial charge on any atom is -0.508 e. The highest BCUT2D eigenvalue weighted by Gasteiger charge is 2.08. The van der Waals surface area contributed by atoms with E-state index in [1.807, 2.05) is 30.3 Å². The number of furan rings is 1. The van der Waals surface area contributed by atoms with Gasteiger partial charge >= 0.3 is 0 Å². The van der Waals surface area contributed by atoms with Crippen LogP contribution in [0, 0.1) is 6.92 Å². The summed E-state index contributed by atoms with van der Waals surface area (Å²) in [7, 11) is 0. The van der Waals surface area contributed by atoms with Crippen LogP contribution in [0.4, 0.5) is 5.69 Å². The lowest BCUT2D eigenvalue weighted by atomic mass is 10.1. The van der Waals surface area contributed by atoms with E-state index in [1.54, 1.807) is 12.1 Å².